The molecule has 0 amide bonds. The van der Waals surface area contributed by atoms with Crippen LogP contribution in [0.3, 0.4) is 0 Å². The van der Waals surface area contributed by atoms with E-state index in [1.165, 1.54) is 0 Å². The molecule has 0 aromatic carbocycles. The molecule has 0 fully saturated rings. The summed E-state index contributed by atoms with van der Waals surface area (Å²) in [5.74, 6) is -2.51. The fourth-order valence-electron chi connectivity index (χ4n) is 1.14. The molecule has 6 nitrogen and oxygen atoms in total. The Morgan fingerprint density at radius 2 is 1.17 bits per heavy atom. The summed E-state index contributed by atoms with van der Waals surface area (Å²) in [6.07, 6.45) is 8.05. The minimum absolute atomic E-state index is 0.558. The molecule has 0 aliphatic heterocycles. The Hall–Kier alpha value is -3.54. The monoisotopic (exact) mass is 326 g/mol. The Morgan fingerprint density at radius 3 is 1.33 bits per heavy atom. The summed E-state index contributed by atoms with van der Waals surface area (Å²) in [6, 6.07) is 11.5. The van der Waals surface area contributed by atoms with Crippen LogP contribution in [0.25, 0.3) is 12.2 Å². The van der Waals surface area contributed by atoms with Gasteiger partial charge in [0.1, 0.15) is 0 Å². The van der Waals surface area contributed by atoms with Crippen molar-refractivity contribution in [3.63, 3.8) is 0 Å². The molecule has 0 aliphatic carbocycles. The Kier molecular flexibility index (Phi) is 11.2. The summed E-state index contributed by atoms with van der Waals surface area (Å²) in [5, 5.41) is 15.6. The van der Waals surface area contributed by atoms with Crippen LogP contribution in [0.15, 0.2) is 74.1 Å². The highest BCUT2D eigenvalue weighted by molar-refractivity contribution is 5.89. The summed E-state index contributed by atoms with van der Waals surface area (Å²) in [5.41, 5.74) is 1.85. The Balaban J connectivity index is 0.000000331. The number of aromatic nitrogens is 2. The number of nitrogens with zero attached hydrogens (tertiary/aromatic N) is 2. The number of pyridine rings is 2. The van der Waals surface area contributed by atoms with E-state index in [9.17, 15) is 9.59 Å². The molecule has 0 spiro atoms. The lowest BCUT2D eigenvalue weighted by Gasteiger charge is -1.84. The molecule has 124 valence electrons. The largest absolute Gasteiger partial charge is 0.478 e. The van der Waals surface area contributed by atoms with Crippen LogP contribution in [0.1, 0.15) is 11.4 Å². The first kappa shape index (κ1) is 20.5. The van der Waals surface area contributed by atoms with E-state index >= 15 is 0 Å². The first-order chi connectivity index (χ1) is 11.5. The molecule has 0 saturated heterocycles. The van der Waals surface area contributed by atoms with Crippen molar-refractivity contribution in [2.75, 3.05) is 0 Å². The molecule has 2 rings (SSSR count). The van der Waals surface area contributed by atoms with Gasteiger partial charge in [-0.15, -0.1) is 0 Å². The molecule has 0 saturated carbocycles. The molecular weight excluding hydrogens is 308 g/mol. The van der Waals surface area contributed by atoms with Crippen molar-refractivity contribution in [1.82, 2.24) is 9.97 Å². The van der Waals surface area contributed by atoms with E-state index in [4.69, 9.17) is 10.2 Å². The number of hydrogen-bond donors (Lipinski definition) is 2. The van der Waals surface area contributed by atoms with Crippen molar-refractivity contribution in [2.24, 2.45) is 0 Å². The normalized spacial score (nSPS) is 8.83. The minimum atomic E-state index is -1.26. The predicted molar refractivity (Wildman–Crippen MR) is 93.1 cm³/mol. The third-order valence-corrected chi connectivity index (χ3v) is 2.16. The van der Waals surface area contributed by atoms with Crippen molar-refractivity contribution in [1.29, 1.82) is 0 Å². The SMILES string of the molecule is C=Cc1ccccn1.C=Cc1ccccn1.O=C(O)/C=C\C(=O)O. The smallest absolute Gasteiger partial charge is 0.328 e. The van der Waals surface area contributed by atoms with Crippen LogP contribution in [0.2, 0.25) is 0 Å². The highest BCUT2D eigenvalue weighted by atomic mass is 16.4. The first-order valence-electron chi connectivity index (χ1n) is 6.70. The van der Waals surface area contributed by atoms with Crippen LogP contribution in [-0.4, -0.2) is 32.1 Å². The minimum Gasteiger partial charge on any atom is -0.478 e. The van der Waals surface area contributed by atoms with Gasteiger partial charge < -0.3 is 10.2 Å². The molecule has 2 heterocycles. The van der Waals surface area contributed by atoms with Crippen molar-refractivity contribution >= 4 is 24.1 Å². The second kappa shape index (κ2) is 13.1. The number of carboxylic acid groups (broad SMARTS) is 2. The van der Waals surface area contributed by atoms with E-state index < -0.39 is 11.9 Å². The van der Waals surface area contributed by atoms with Gasteiger partial charge in [0.25, 0.3) is 0 Å². The Labute approximate surface area is 140 Å². The first-order valence-corrected chi connectivity index (χ1v) is 6.70. The van der Waals surface area contributed by atoms with E-state index in [2.05, 4.69) is 23.1 Å². The average Bonchev–Trinajstić information content (AvgIpc) is 2.62. The Morgan fingerprint density at radius 1 is 0.792 bits per heavy atom. The van der Waals surface area contributed by atoms with Gasteiger partial charge in [-0.3, -0.25) is 9.97 Å². The van der Waals surface area contributed by atoms with Crippen LogP contribution in [0.5, 0.6) is 0 Å². The number of rotatable bonds is 4. The van der Waals surface area contributed by atoms with Crippen LogP contribution in [0, 0.1) is 0 Å². The van der Waals surface area contributed by atoms with E-state index in [-0.39, 0.29) is 0 Å². The van der Waals surface area contributed by atoms with E-state index in [0.717, 1.165) is 11.4 Å². The lowest BCUT2D eigenvalue weighted by molar-refractivity contribution is -0.134. The average molecular weight is 326 g/mol. The second-order valence-corrected chi connectivity index (χ2v) is 3.93. The molecule has 0 unspecified atom stereocenters. The van der Waals surface area contributed by atoms with Crippen LogP contribution in [0.4, 0.5) is 0 Å². The topological polar surface area (TPSA) is 100 Å². The number of carbonyl (C=O) groups is 2. The van der Waals surface area contributed by atoms with Crippen LogP contribution < -0.4 is 0 Å². The lowest BCUT2D eigenvalue weighted by atomic mass is 10.4. The van der Waals surface area contributed by atoms with Crippen LogP contribution in [-0.2, 0) is 9.59 Å². The maximum Gasteiger partial charge on any atom is 0.328 e. The zero-order valence-electron chi connectivity index (χ0n) is 12.9. The number of aliphatic carboxylic acids is 2. The van der Waals surface area contributed by atoms with Gasteiger partial charge in [0.2, 0.25) is 0 Å². The number of carboxylic acids is 2. The third kappa shape index (κ3) is 12.2. The van der Waals surface area contributed by atoms with E-state index in [1.807, 2.05) is 36.4 Å². The molecule has 6 heteroatoms. The van der Waals surface area contributed by atoms with Gasteiger partial charge in [-0.25, -0.2) is 9.59 Å². The van der Waals surface area contributed by atoms with Crippen molar-refractivity contribution in [2.45, 2.75) is 0 Å². The Bertz CT molecular complexity index is 608. The van der Waals surface area contributed by atoms with Gasteiger partial charge in [0, 0.05) is 24.5 Å². The fourth-order valence-corrected chi connectivity index (χ4v) is 1.14. The quantitative estimate of drug-likeness (QED) is 0.837. The predicted octanol–water partition coefficient (Wildman–Crippen LogP) is 3.16. The van der Waals surface area contributed by atoms with Gasteiger partial charge in [-0.1, -0.05) is 25.3 Å². The highest BCUT2D eigenvalue weighted by Crippen LogP contribution is 1.92. The molecule has 0 aliphatic rings. The van der Waals surface area contributed by atoms with Gasteiger partial charge in [0.15, 0.2) is 0 Å². The molecule has 0 bridgehead atoms. The summed E-state index contributed by atoms with van der Waals surface area (Å²) < 4.78 is 0. The maximum atomic E-state index is 9.55. The van der Waals surface area contributed by atoms with Gasteiger partial charge in [-0.2, -0.15) is 0 Å². The summed E-state index contributed by atoms with van der Waals surface area (Å²) >= 11 is 0. The van der Waals surface area contributed by atoms with E-state index in [0.29, 0.717) is 12.2 Å². The lowest BCUT2D eigenvalue weighted by Crippen LogP contribution is -1.91. The third-order valence-electron chi connectivity index (χ3n) is 2.16. The molecular formula is C18H18N2O4. The van der Waals surface area contributed by atoms with E-state index in [1.54, 1.807) is 24.5 Å². The van der Waals surface area contributed by atoms with Gasteiger partial charge >= 0.3 is 11.9 Å². The second-order valence-electron chi connectivity index (χ2n) is 3.93. The number of hydrogen-bond acceptors (Lipinski definition) is 4. The van der Waals surface area contributed by atoms with Crippen LogP contribution >= 0.6 is 0 Å². The zero-order valence-corrected chi connectivity index (χ0v) is 12.9. The molecule has 2 aromatic rings. The molecule has 0 radical (unpaired) electrons. The summed E-state index contributed by atoms with van der Waals surface area (Å²) in [6.45, 7) is 7.14. The zero-order chi connectivity index (χ0) is 18.2. The summed E-state index contributed by atoms with van der Waals surface area (Å²) in [7, 11) is 0. The van der Waals surface area contributed by atoms with Crippen molar-refractivity contribution in [3.05, 3.63) is 85.5 Å². The van der Waals surface area contributed by atoms with Crippen molar-refractivity contribution in [3.8, 4) is 0 Å². The highest BCUT2D eigenvalue weighted by Gasteiger charge is 1.88. The van der Waals surface area contributed by atoms with Gasteiger partial charge in [0.05, 0.1) is 11.4 Å². The van der Waals surface area contributed by atoms with Crippen molar-refractivity contribution < 1.29 is 19.8 Å². The molecule has 2 aromatic heterocycles. The molecule has 24 heavy (non-hydrogen) atoms. The fraction of sp³-hybridized carbons (Fsp3) is 0. The molecule has 2 N–H and O–H groups in total. The maximum absolute atomic E-state index is 9.55. The summed E-state index contributed by atoms with van der Waals surface area (Å²) in [4.78, 5) is 27.1. The van der Waals surface area contributed by atoms with Gasteiger partial charge in [-0.05, 0) is 36.4 Å². The standard InChI is InChI=1S/2C7H7N.C4H4O4/c2*1-2-7-5-3-4-6-8-7;5-3(6)1-2-4(7)8/h2*2-6H,1H2;1-2H,(H,5,6)(H,7,8)/b;;2-1-. The molecule has 0 atom stereocenters.